The van der Waals surface area contributed by atoms with Gasteiger partial charge in [-0.25, -0.2) is 4.79 Å². The lowest BCUT2D eigenvalue weighted by atomic mass is 10.2. The van der Waals surface area contributed by atoms with E-state index in [1.807, 2.05) is 6.07 Å². The summed E-state index contributed by atoms with van der Waals surface area (Å²) in [5.41, 5.74) is 0.694. The Labute approximate surface area is 107 Å². The fraction of sp³-hybridized carbons (Fsp3) is 0.615. The van der Waals surface area contributed by atoms with Crippen LogP contribution in [0, 0.1) is 6.92 Å². The van der Waals surface area contributed by atoms with Crippen LogP contribution in [-0.2, 0) is 6.54 Å². The third-order valence-corrected chi connectivity index (χ3v) is 3.49. The number of likely N-dealkylation sites (N-methyl/N-ethyl adjacent to an activating group) is 1. The Bertz CT molecular complexity index is 441. The number of carbonyl (C=O) groups is 1. The molecule has 1 N–H and O–H groups in total. The van der Waals surface area contributed by atoms with Crippen molar-refractivity contribution in [2.45, 2.75) is 26.4 Å². The number of rotatable bonds is 3. The average molecular weight is 252 g/mol. The van der Waals surface area contributed by atoms with E-state index < -0.39 is 5.97 Å². The molecule has 1 aromatic rings. The van der Waals surface area contributed by atoms with E-state index in [0.29, 0.717) is 18.2 Å². The van der Waals surface area contributed by atoms with Gasteiger partial charge in [0, 0.05) is 31.2 Å². The first-order valence-corrected chi connectivity index (χ1v) is 6.22. The van der Waals surface area contributed by atoms with Gasteiger partial charge in [0.25, 0.3) is 0 Å². The third kappa shape index (κ3) is 2.73. The zero-order chi connectivity index (χ0) is 13.3. The summed E-state index contributed by atoms with van der Waals surface area (Å²) in [6, 6.07) is 2.29. The lowest BCUT2D eigenvalue weighted by Crippen LogP contribution is -2.49. The Morgan fingerprint density at radius 2 is 2.28 bits per heavy atom. The minimum absolute atomic E-state index is 0.0618. The van der Waals surface area contributed by atoms with Crippen molar-refractivity contribution in [3.05, 3.63) is 23.2 Å². The lowest BCUT2D eigenvalue weighted by Gasteiger charge is -2.37. The van der Waals surface area contributed by atoms with Crippen LogP contribution in [0.3, 0.4) is 0 Å². The Hall–Kier alpha value is -1.33. The van der Waals surface area contributed by atoms with Crippen molar-refractivity contribution >= 4 is 5.97 Å². The summed E-state index contributed by atoms with van der Waals surface area (Å²) >= 11 is 0. The summed E-state index contributed by atoms with van der Waals surface area (Å²) in [7, 11) is 2.12. The zero-order valence-corrected chi connectivity index (χ0v) is 11.1. The van der Waals surface area contributed by atoms with Gasteiger partial charge >= 0.3 is 5.97 Å². The van der Waals surface area contributed by atoms with Crippen molar-refractivity contribution in [1.29, 1.82) is 0 Å². The van der Waals surface area contributed by atoms with Crippen LogP contribution in [0.5, 0.6) is 0 Å². The number of carboxylic acids is 1. The molecule has 0 saturated carbocycles. The smallest absolute Gasteiger partial charge is 0.372 e. The topological polar surface area (TPSA) is 56.9 Å². The fourth-order valence-corrected chi connectivity index (χ4v) is 2.45. The Morgan fingerprint density at radius 1 is 1.56 bits per heavy atom. The highest BCUT2D eigenvalue weighted by molar-refractivity contribution is 5.86. The molecule has 1 aliphatic heterocycles. The molecule has 1 unspecified atom stereocenters. The maximum absolute atomic E-state index is 10.9. The molecule has 1 saturated heterocycles. The van der Waals surface area contributed by atoms with E-state index >= 15 is 0 Å². The van der Waals surface area contributed by atoms with Crippen LogP contribution in [0.15, 0.2) is 10.5 Å². The summed E-state index contributed by atoms with van der Waals surface area (Å²) < 4.78 is 5.40. The van der Waals surface area contributed by atoms with E-state index in [9.17, 15) is 4.79 Å². The SMILES string of the molecule is Cc1cc(CN2CCN(C)CC2C)oc1C(=O)O. The van der Waals surface area contributed by atoms with E-state index in [2.05, 4.69) is 23.8 Å². The highest BCUT2D eigenvalue weighted by atomic mass is 16.4. The Morgan fingerprint density at radius 3 is 2.83 bits per heavy atom. The van der Waals surface area contributed by atoms with Crippen LogP contribution < -0.4 is 0 Å². The molecule has 2 rings (SSSR count). The maximum atomic E-state index is 10.9. The van der Waals surface area contributed by atoms with Gasteiger partial charge in [-0.1, -0.05) is 0 Å². The van der Waals surface area contributed by atoms with E-state index in [0.717, 1.165) is 25.4 Å². The van der Waals surface area contributed by atoms with Crippen LogP contribution in [0.2, 0.25) is 0 Å². The first-order chi connectivity index (χ1) is 8.47. The monoisotopic (exact) mass is 252 g/mol. The lowest BCUT2D eigenvalue weighted by molar-refractivity contribution is 0.0647. The first kappa shape index (κ1) is 13.1. The predicted molar refractivity (Wildman–Crippen MR) is 67.8 cm³/mol. The number of hydrogen-bond donors (Lipinski definition) is 1. The number of hydrogen-bond acceptors (Lipinski definition) is 4. The largest absolute Gasteiger partial charge is 0.475 e. The first-order valence-electron chi connectivity index (χ1n) is 6.22. The van der Waals surface area contributed by atoms with E-state index in [1.54, 1.807) is 6.92 Å². The summed E-state index contributed by atoms with van der Waals surface area (Å²) in [6.07, 6.45) is 0. The van der Waals surface area contributed by atoms with Gasteiger partial charge in [-0.15, -0.1) is 0 Å². The number of piperazine rings is 1. The molecule has 5 heteroatoms. The highest BCUT2D eigenvalue weighted by Gasteiger charge is 2.23. The molecule has 1 fully saturated rings. The molecule has 0 amide bonds. The van der Waals surface area contributed by atoms with Gasteiger partial charge in [-0.3, -0.25) is 4.90 Å². The van der Waals surface area contributed by atoms with Crippen molar-refractivity contribution in [2.24, 2.45) is 0 Å². The molecule has 0 aliphatic carbocycles. The van der Waals surface area contributed by atoms with Crippen LogP contribution in [-0.4, -0.2) is 53.6 Å². The normalized spacial score (nSPS) is 22.3. The molecular formula is C13H20N2O3. The van der Waals surface area contributed by atoms with Gasteiger partial charge in [0.1, 0.15) is 5.76 Å². The van der Waals surface area contributed by atoms with Gasteiger partial charge in [0.15, 0.2) is 0 Å². The molecule has 0 aromatic carbocycles. The molecule has 0 radical (unpaired) electrons. The Balaban J connectivity index is 2.05. The molecule has 5 nitrogen and oxygen atoms in total. The van der Waals surface area contributed by atoms with Crippen LogP contribution in [0.1, 0.15) is 28.8 Å². The van der Waals surface area contributed by atoms with Crippen LogP contribution in [0.25, 0.3) is 0 Å². The van der Waals surface area contributed by atoms with Crippen molar-refractivity contribution in [3.8, 4) is 0 Å². The van der Waals surface area contributed by atoms with Gasteiger partial charge in [-0.05, 0) is 27.0 Å². The summed E-state index contributed by atoms with van der Waals surface area (Å²) in [5, 5.41) is 8.96. The molecule has 1 atom stereocenters. The standard InChI is InChI=1S/C13H20N2O3/c1-9-6-11(18-12(9)13(16)17)8-15-5-4-14(3)7-10(15)2/h6,10H,4-5,7-8H2,1-3H3,(H,16,17). The number of carboxylic acid groups (broad SMARTS) is 1. The zero-order valence-electron chi connectivity index (χ0n) is 11.1. The van der Waals surface area contributed by atoms with Crippen LogP contribution >= 0.6 is 0 Å². The molecule has 0 spiro atoms. The second kappa shape index (κ2) is 5.12. The third-order valence-electron chi connectivity index (χ3n) is 3.49. The molecule has 100 valence electrons. The number of furan rings is 1. The molecule has 1 aromatic heterocycles. The quantitative estimate of drug-likeness (QED) is 0.881. The van der Waals surface area contributed by atoms with Gasteiger partial charge in [0.2, 0.25) is 5.76 Å². The van der Waals surface area contributed by atoms with Gasteiger partial charge < -0.3 is 14.4 Å². The van der Waals surface area contributed by atoms with E-state index in [4.69, 9.17) is 9.52 Å². The summed E-state index contributed by atoms with van der Waals surface area (Å²) in [4.78, 5) is 15.5. The Kier molecular flexibility index (Phi) is 3.73. The number of nitrogens with zero attached hydrogens (tertiary/aromatic N) is 2. The fourth-order valence-electron chi connectivity index (χ4n) is 2.45. The molecule has 18 heavy (non-hydrogen) atoms. The van der Waals surface area contributed by atoms with Crippen molar-refractivity contribution < 1.29 is 14.3 Å². The predicted octanol–water partition coefficient (Wildman–Crippen LogP) is 1.42. The van der Waals surface area contributed by atoms with Crippen molar-refractivity contribution in [1.82, 2.24) is 9.80 Å². The molecule has 0 bridgehead atoms. The highest BCUT2D eigenvalue weighted by Crippen LogP contribution is 2.18. The molecular weight excluding hydrogens is 232 g/mol. The summed E-state index contributed by atoms with van der Waals surface area (Å²) in [5.74, 6) is -0.196. The van der Waals surface area contributed by atoms with Crippen LogP contribution in [0.4, 0.5) is 0 Å². The minimum Gasteiger partial charge on any atom is -0.475 e. The second-order valence-electron chi connectivity index (χ2n) is 5.11. The van der Waals surface area contributed by atoms with Crippen molar-refractivity contribution in [3.63, 3.8) is 0 Å². The maximum Gasteiger partial charge on any atom is 0.372 e. The minimum atomic E-state index is -0.995. The van der Waals surface area contributed by atoms with E-state index in [-0.39, 0.29) is 5.76 Å². The van der Waals surface area contributed by atoms with Gasteiger partial charge in [0.05, 0.1) is 6.54 Å². The number of aromatic carboxylic acids is 1. The molecule has 2 heterocycles. The van der Waals surface area contributed by atoms with E-state index in [1.165, 1.54) is 0 Å². The average Bonchev–Trinajstić information content (AvgIpc) is 2.64. The molecule has 1 aliphatic rings. The van der Waals surface area contributed by atoms with Crippen molar-refractivity contribution in [2.75, 3.05) is 26.7 Å². The number of aryl methyl sites for hydroxylation is 1. The van der Waals surface area contributed by atoms with Gasteiger partial charge in [-0.2, -0.15) is 0 Å². The summed E-state index contributed by atoms with van der Waals surface area (Å²) in [6.45, 7) is 7.69. The second-order valence-corrected chi connectivity index (χ2v) is 5.11.